The van der Waals surface area contributed by atoms with Crippen molar-refractivity contribution in [3.8, 4) is 0 Å². The Bertz CT molecular complexity index is 791. The van der Waals surface area contributed by atoms with Crippen molar-refractivity contribution in [3.05, 3.63) is 82.1 Å². The molecule has 2 N–H and O–H groups in total. The maximum absolute atomic E-state index is 12.5. The second kappa shape index (κ2) is 5.31. The van der Waals surface area contributed by atoms with E-state index in [4.69, 9.17) is 5.73 Å². The van der Waals surface area contributed by atoms with E-state index in [1.54, 1.807) is 4.57 Å². The van der Waals surface area contributed by atoms with E-state index in [-0.39, 0.29) is 12.1 Å². The van der Waals surface area contributed by atoms with Gasteiger partial charge in [0, 0.05) is 12.1 Å². The number of benzene rings is 2. The summed E-state index contributed by atoms with van der Waals surface area (Å²) in [5, 5.41) is 1.04. The van der Waals surface area contributed by atoms with Crippen LogP contribution in [0.1, 0.15) is 11.1 Å². The number of nitrogens with zero attached hydrogens (tertiary/aromatic N) is 1. The van der Waals surface area contributed by atoms with Gasteiger partial charge < -0.3 is 10.3 Å². The molecule has 0 saturated heterocycles. The molecule has 1 aromatic heterocycles. The van der Waals surface area contributed by atoms with Crippen LogP contribution in [0, 0.1) is 0 Å². The van der Waals surface area contributed by atoms with E-state index in [9.17, 15) is 4.79 Å². The van der Waals surface area contributed by atoms with Crippen molar-refractivity contribution in [2.45, 2.75) is 13.1 Å². The average molecular weight is 264 g/mol. The zero-order valence-electron chi connectivity index (χ0n) is 11.1. The van der Waals surface area contributed by atoms with Crippen molar-refractivity contribution in [3.63, 3.8) is 0 Å². The minimum atomic E-state index is -0.00458. The third-order valence-corrected chi connectivity index (χ3v) is 3.48. The van der Waals surface area contributed by atoms with Crippen molar-refractivity contribution in [2.75, 3.05) is 0 Å². The normalized spacial score (nSPS) is 10.8. The Morgan fingerprint density at radius 3 is 2.40 bits per heavy atom. The number of fused-ring (bicyclic) bond motifs is 1. The van der Waals surface area contributed by atoms with E-state index < -0.39 is 0 Å². The molecule has 0 aliphatic carbocycles. The van der Waals surface area contributed by atoms with Crippen LogP contribution in [0.3, 0.4) is 0 Å². The molecule has 3 heteroatoms. The van der Waals surface area contributed by atoms with Gasteiger partial charge in [-0.15, -0.1) is 0 Å². The molecule has 0 aliphatic heterocycles. The number of aromatic nitrogens is 1. The van der Waals surface area contributed by atoms with Gasteiger partial charge >= 0.3 is 0 Å². The first-order valence-electron chi connectivity index (χ1n) is 6.65. The van der Waals surface area contributed by atoms with Crippen LogP contribution in [-0.2, 0) is 13.1 Å². The molecular weight excluding hydrogens is 248 g/mol. The molecular formula is C17H16N2O. The zero-order chi connectivity index (χ0) is 13.9. The summed E-state index contributed by atoms with van der Waals surface area (Å²) in [5.41, 5.74) is 8.39. The van der Waals surface area contributed by atoms with Crippen LogP contribution in [0.2, 0.25) is 0 Å². The summed E-state index contributed by atoms with van der Waals surface area (Å²) in [4.78, 5) is 12.5. The van der Waals surface area contributed by atoms with E-state index in [0.29, 0.717) is 12.1 Å². The van der Waals surface area contributed by atoms with Gasteiger partial charge in [0.25, 0.3) is 5.56 Å². The first-order valence-corrected chi connectivity index (χ1v) is 6.65. The monoisotopic (exact) mass is 264 g/mol. The molecule has 2 aromatic carbocycles. The predicted octanol–water partition coefficient (Wildman–Crippen LogP) is 2.51. The van der Waals surface area contributed by atoms with Crippen LogP contribution < -0.4 is 11.3 Å². The lowest BCUT2D eigenvalue weighted by Crippen LogP contribution is -2.26. The number of para-hydroxylation sites is 1. The number of hydrogen-bond acceptors (Lipinski definition) is 2. The van der Waals surface area contributed by atoms with Crippen molar-refractivity contribution >= 4 is 10.9 Å². The van der Waals surface area contributed by atoms with Crippen molar-refractivity contribution in [1.29, 1.82) is 0 Å². The molecule has 0 unspecified atom stereocenters. The Morgan fingerprint density at radius 2 is 1.65 bits per heavy atom. The topological polar surface area (TPSA) is 48.0 Å². The summed E-state index contributed by atoms with van der Waals surface area (Å²) in [6.07, 6.45) is 0. The Balaban J connectivity index is 2.22. The second-order valence-electron chi connectivity index (χ2n) is 4.81. The third kappa shape index (κ3) is 2.24. The van der Waals surface area contributed by atoms with Gasteiger partial charge in [-0.05, 0) is 23.1 Å². The van der Waals surface area contributed by atoms with Crippen LogP contribution in [0.5, 0.6) is 0 Å². The van der Waals surface area contributed by atoms with Gasteiger partial charge in [0.2, 0.25) is 0 Å². The number of hydrogen-bond donors (Lipinski definition) is 1. The number of nitrogens with two attached hydrogens (primary N) is 1. The molecule has 0 fully saturated rings. The maximum Gasteiger partial charge on any atom is 0.255 e. The zero-order valence-corrected chi connectivity index (χ0v) is 11.1. The van der Waals surface area contributed by atoms with E-state index in [1.165, 1.54) is 0 Å². The van der Waals surface area contributed by atoms with Gasteiger partial charge in [-0.3, -0.25) is 4.79 Å². The molecule has 0 radical (unpaired) electrons. The number of pyridine rings is 1. The molecule has 0 aliphatic rings. The van der Waals surface area contributed by atoms with E-state index in [2.05, 4.69) is 0 Å². The van der Waals surface area contributed by atoms with Gasteiger partial charge in [-0.1, -0.05) is 48.5 Å². The van der Waals surface area contributed by atoms with Gasteiger partial charge in [-0.25, -0.2) is 0 Å². The summed E-state index contributed by atoms with van der Waals surface area (Å²) in [6, 6.07) is 19.8. The van der Waals surface area contributed by atoms with Crippen LogP contribution >= 0.6 is 0 Å². The average Bonchev–Trinajstić information content (AvgIpc) is 2.51. The highest BCUT2D eigenvalue weighted by atomic mass is 16.1. The molecule has 0 spiro atoms. The number of rotatable bonds is 3. The fourth-order valence-electron chi connectivity index (χ4n) is 2.46. The van der Waals surface area contributed by atoms with Gasteiger partial charge in [0.15, 0.2) is 0 Å². The second-order valence-corrected chi connectivity index (χ2v) is 4.81. The highest BCUT2D eigenvalue weighted by molar-refractivity contribution is 5.79. The van der Waals surface area contributed by atoms with Gasteiger partial charge in [0.1, 0.15) is 0 Å². The molecule has 3 nitrogen and oxygen atoms in total. The first kappa shape index (κ1) is 12.6. The lowest BCUT2D eigenvalue weighted by Gasteiger charge is -2.12. The lowest BCUT2D eigenvalue weighted by atomic mass is 10.1. The van der Waals surface area contributed by atoms with Gasteiger partial charge in [-0.2, -0.15) is 0 Å². The molecule has 0 atom stereocenters. The Hall–Kier alpha value is -2.39. The van der Waals surface area contributed by atoms with Crippen molar-refractivity contribution in [1.82, 2.24) is 4.57 Å². The highest BCUT2D eigenvalue weighted by Gasteiger charge is 2.08. The van der Waals surface area contributed by atoms with Crippen molar-refractivity contribution in [2.24, 2.45) is 5.73 Å². The molecule has 1 heterocycles. The summed E-state index contributed by atoms with van der Waals surface area (Å²) in [7, 11) is 0. The maximum atomic E-state index is 12.5. The fraction of sp³-hybridized carbons (Fsp3) is 0.118. The standard InChI is InChI=1S/C17H16N2O/c18-11-15-10-14-8-4-5-9-16(14)19(17(15)20)12-13-6-2-1-3-7-13/h1-10H,11-12,18H2. The molecule has 0 bridgehead atoms. The summed E-state index contributed by atoms with van der Waals surface area (Å²) < 4.78 is 1.80. The predicted molar refractivity (Wildman–Crippen MR) is 81.6 cm³/mol. The largest absolute Gasteiger partial charge is 0.326 e. The minimum absolute atomic E-state index is 0.00458. The Morgan fingerprint density at radius 1 is 0.950 bits per heavy atom. The molecule has 3 rings (SSSR count). The molecule has 3 aromatic rings. The fourth-order valence-corrected chi connectivity index (χ4v) is 2.46. The van der Waals surface area contributed by atoms with Crippen LogP contribution in [0.25, 0.3) is 10.9 Å². The smallest absolute Gasteiger partial charge is 0.255 e. The molecule has 20 heavy (non-hydrogen) atoms. The van der Waals surface area contributed by atoms with Crippen LogP contribution in [-0.4, -0.2) is 4.57 Å². The van der Waals surface area contributed by atoms with E-state index in [0.717, 1.165) is 16.5 Å². The lowest BCUT2D eigenvalue weighted by molar-refractivity contribution is 0.778. The Labute approximate surface area is 117 Å². The Kier molecular flexibility index (Phi) is 3.35. The van der Waals surface area contributed by atoms with Crippen molar-refractivity contribution < 1.29 is 0 Å². The summed E-state index contributed by atoms with van der Waals surface area (Å²) in [5.74, 6) is 0. The first-order chi connectivity index (χ1) is 9.79. The highest BCUT2D eigenvalue weighted by Crippen LogP contribution is 2.14. The molecule has 0 saturated carbocycles. The quantitative estimate of drug-likeness (QED) is 0.790. The van der Waals surface area contributed by atoms with Crippen LogP contribution in [0.15, 0.2) is 65.5 Å². The van der Waals surface area contributed by atoms with Crippen LogP contribution in [0.4, 0.5) is 0 Å². The SMILES string of the molecule is NCc1cc2ccccc2n(Cc2ccccc2)c1=O. The summed E-state index contributed by atoms with van der Waals surface area (Å²) >= 11 is 0. The molecule has 0 amide bonds. The third-order valence-electron chi connectivity index (χ3n) is 3.48. The van der Waals surface area contributed by atoms with E-state index >= 15 is 0 Å². The molecule has 100 valence electrons. The summed E-state index contributed by atoms with van der Waals surface area (Å²) in [6.45, 7) is 0.826. The van der Waals surface area contributed by atoms with Gasteiger partial charge in [0.05, 0.1) is 12.1 Å². The minimum Gasteiger partial charge on any atom is -0.326 e. The van der Waals surface area contributed by atoms with E-state index in [1.807, 2.05) is 60.7 Å².